The van der Waals surface area contributed by atoms with Gasteiger partial charge in [0.25, 0.3) is 0 Å². The van der Waals surface area contributed by atoms with Crippen LogP contribution in [-0.4, -0.2) is 6.04 Å². The third-order valence-corrected chi connectivity index (χ3v) is 3.87. The highest BCUT2D eigenvalue weighted by Gasteiger charge is 2.22. The van der Waals surface area contributed by atoms with E-state index in [1.165, 1.54) is 24.8 Å². The number of halogens is 1. The minimum absolute atomic E-state index is 0.159. The van der Waals surface area contributed by atoms with Gasteiger partial charge in [-0.15, -0.1) is 0 Å². The Bertz CT molecular complexity index is 425. The lowest BCUT2D eigenvalue weighted by molar-refractivity contribution is 0.393. The Kier molecular flexibility index (Phi) is 5.04. The highest BCUT2D eigenvalue weighted by molar-refractivity contribution is 6.30. The van der Waals surface area contributed by atoms with Gasteiger partial charge in [0.2, 0.25) is 0 Å². The van der Waals surface area contributed by atoms with Crippen molar-refractivity contribution in [2.24, 2.45) is 5.92 Å². The van der Waals surface area contributed by atoms with Crippen molar-refractivity contribution >= 4 is 11.6 Å². The quantitative estimate of drug-likeness (QED) is 0.839. The number of nitrogens with one attached hydrogen (secondary N) is 1. The molecule has 0 aromatic heterocycles. The molecule has 3 heteroatoms. The van der Waals surface area contributed by atoms with Gasteiger partial charge in [0.15, 0.2) is 0 Å². The van der Waals surface area contributed by atoms with Gasteiger partial charge in [0.05, 0.1) is 12.0 Å². The van der Waals surface area contributed by atoms with Crippen LogP contribution in [0.5, 0.6) is 0 Å². The molecule has 96 valence electrons. The standard InChI is InChI=1S/C15H19ClN2/c16-14-7-4-5-12(9-14)11-18-15-8-3-1-2-6-13(15)10-17/h4-5,7,9,13,15,18H,1-3,6,8,11H2. The van der Waals surface area contributed by atoms with Crippen molar-refractivity contribution in [2.45, 2.75) is 44.7 Å². The zero-order chi connectivity index (χ0) is 12.8. The smallest absolute Gasteiger partial charge is 0.0672 e. The Morgan fingerprint density at radius 1 is 1.28 bits per heavy atom. The van der Waals surface area contributed by atoms with Crippen LogP contribution in [0.3, 0.4) is 0 Å². The Balaban J connectivity index is 1.93. The zero-order valence-electron chi connectivity index (χ0n) is 10.5. The maximum absolute atomic E-state index is 9.22. The van der Waals surface area contributed by atoms with Crippen molar-refractivity contribution in [1.82, 2.24) is 5.32 Å². The zero-order valence-corrected chi connectivity index (χ0v) is 11.3. The van der Waals surface area contributed by atoms with Gasteiger partial charge in [-0.05, 0) is 30.5 Å². The molecule has 2 nitrogen and oxygen atoms in total. The fourth-order valence-electron chi connectivity index (χ4n) is 2.60. The van der Waals surface area contributed by atoms with Crippen molar-refractivity contribution in [3.63, 3.8) is 0 Å². The van der Waals surface area contributed by atoms with Gasteiger partial charge in [-0.25, -0.2) is 0 Å². The summed E-state index contributed by atoms with van der Waals surface area (Å²) in [5, 5.41) is 13.5. The molecule has 2 rings (SSSR count). The maximum Gasteiger partial charge on any atom is 0.0672 e. The first-order chi connectivity index (χ1) is 8.79. The van der Waals surface area contributed by atoms with E-state index in [1.807, 2.05) is 18.2 Å². The highest BCUT2D eigenvalue weighted by Crippen LogP contribution is 2.23. The minimum Gasteiger partial charge on any atom is -0.309 e. The average Bonchev–Trinajstić information content (AvgIpc) is 2.61. The second kappa shape index (κ2) is 6.78. The molecule has 18 heavy (non-hydrogen) atoms. The van der Waals surface area contributed by atoms with Crippen molar-refractivity contribution in [2.75, 3.05) is 0 Å². The number of hydrogen-bond donors (Lipinski definition) is 1. The van der Waals surface area contributed by atoms with Crippen LogP contribution in [0.15, 0.2) is 24.3 Å². The second-order valence-corrected chi connectivity index (χ2v) is 5.43. The molecule has 1 aliphatic carbocycles. The van der Waals surface area contributed by atoms with E-state index in [0.717, 1.165) is 24.4 Å². The minimum atomic E-state index is 0.159. The van der Waals surface area contributed by atoms with Gasteiger partial charge >= 0.3 is 0 Å². The number of rotatable bonds is 3. The molecule has 0 amide bonds. The van der Waals surface area contributed by atoms with Gasteiger partial charge in [-0.2, -0.15) is 5.26 Å². The van der Waals surface area contributed by atoms with Gasteiger partial charge in [0.1, 0.15) is 0 Å². The topological polar surface area (TPSA) is 35.8 Å². The fraction of sp³-hybridized carbons (Fsp3) is 0.533. The highest BCUT2D eigenvalue weighted by atomic mass is 35.5. The molecular formula is C15H19ClN2. The summed E-state index contributed by atoms with van der Waals surface area (Å²) in [4.78, 5) is 0. The van der Waals surface area contributed by atoms with E-state index in [2.05, 4.69) is 17.5 Å². The number of nitriles is 1. The lowest BCUT2D eigenvalue weighted by atomic mass is 9.96. The molecule has 2 unspecified atom stereocenters. The van der Waals surface area contributed by atoms with E-state index in [4.69, 9.17) is 11.6 Å². The molecule has 2 atom stereocenters. The van der Waals surface area contributed by atoms with Crippen molar-refractivity contribution in [3.05, 3.63) is 34.9 Å². The second-order valence-electron chi connectivity index (χ2n) is 4.99. The van der Waals surface area contributed by atoms with Crippen LogP contribution in [0.4, 0.5) is 0 Å². The summed E-state index contributed by atoms with van der Waals surface area (Å²) in [6.45, 7) is 0.795. The molecule has 0 saturated heterocycles. The van der Waals surface area contributed by atoms with E-state index >= 15 is 0 Å². The molecule has 0 spiro atoms. The molecule has 1 saturated carbocycles. The van der Waals surface area contributed by atoms with E-state index in [9.17, 15) is 5.26 Å². The van der Waals surface area contributed by atoms with Crippen molar-refractivity contribution < 1.29 is 0 Å². The third kappa shape index (κ3) is 3.73. The lowest BCUT2D eigenvalue weighted by Gasteiger charge is -2.21. The Morgan fingerprint density at radius 2 is 2.11 bits per heavy atom. The van der Waals surface area contributed by atoms with Crippen LogP contribution in [-0.2, 0) is 6.54 Å². The molecule has 1 aliphatic rings. The van der Waals surface area contributed by atoms with E-state index in [1.54, 1.807) is 0 Å². The summed E-state index contributed by atoms with van der Waals surface area (Å²) < 4.78 is 0. The largest absolute Gasteiger partial charge is 0.309 e. The molecule has 0 bridgehead atoms. The molecule has 1 aromatic rings. The summed E-state index contributed by atoms with van der Waals surface area (Å²) in [6, 6.07) is 10.7. The number of nitrogens with zero attached hydrogens (tertiary/aromatic N) is 1. The average molecular weight is 263 g/mol. The number of benzene rings is 1. The summed E-state index contributed by atoms with van der Waals surface area (Å²) in [7, 11) is 0. The number of hydrogen-bond acceptors (Lipinski definition) is 2. The van der Waals surface area contributed by atoms with Crippen LogP contribution >= 0.6 is 11.6 Å². The van der Waals surface area contributed by atoms with Crippen LogP contribution < -0.4 is 5.32 Å². The van der Waals surface area contributed by atoms with Crippen LogP contribution in [0.2, 0.25) is 5.02 Å². The van der Waals surface area contributed by atoms with Crippen LogP contribution in [0, 0.1) is 17.2 Å². The van der Waals surface area contributed by atoms with Crippen LogP contribution in [0.1, 0.15) is 37.7 Å². The normalized spacial score (nSPS) is 24.2. The maximum atomic E-state index is 9.22. The van der Waals surface area contributed by atoms with Crippen LogP contribution in [0.25, 0.3) is 0 Å². The summed E-state index contributed by atoms with van der Waals surface area (Å²) in [5.41, 5.74) is 1.18. The predicted molar refractivity (Wildman–Crippen MR) is 74.3 cm³/mol. The van der Waals surface area contributed by atoms with E-state index in [-0.39, 0.29) is 5.92 Å². The monoisotopic (exact) mass is 262 g/mol. The first kappa shape index (κ1) is 13.4. The molecule has 0 heterocycles. The van der Waals surface area contributed by atoms with Gasteiger partial charge in [-0.1, -0.05) is 43.0 Å². The van der Waals surface area contributed by atoms with Gasteiger partial charge < -0.3 is 5.32 Å². The van der Waals surface area contributed by atoms with E-state index in [0.29, 0.717) is 6.04 Å². The summed E-state index contributed by atoms with van der Waals surface area (Å²) in [5.74, 6) is 0.159. The van der Waals surface area contributed by atoms with Crippen molar-refractivity contribution in [3.8, 4) is 6.07 Å². The Labute approximate surface area is 114 Å². The summed E-state index contributed by atoms with van der Waals surface area (Å²) in [6.07, 6.45) is 5.81. The third-order valence-electron chi connectivity index (χ3n) is 3.64. The van der Waals surface area contributed by atoms with Gasteiger partial charge in [0, 0.05) is 17.6 Å². The molecule has 1 aromatic carbocycles. The van der Waals surface area contributed by atoms with Gasteiger partial charge in [-0.3, -0.25) is 0 Å². The Morgan fingerprint density at radius 3 is 2.89 bits per heavy atom. The van der Waals surface area contributed by atoms with E-state index < -0.39 is 0 Å². The molecule has 1 fully saturated rings. The summed E-state index contributed by atoms with van der Waals surface area (Å²) >= 11 is 5.97. The molecular weight excluding hydrogens is 244 g/mol. The molecule has 1 N–H and O–H groups in total. The lowest BCUT2D eigenvalue weighted by Crippen LogP contribution is -2.34. The Hall–Kier alpha value is -1.04. The van der Waals surface area contributed by atoms with Crippen molar-refractivity contribution in [1.29, 1.82) is 5.26 Å². The fourth-order valence-corrected chi connectivity index (χ4v) is 2.82. The predicted octanol–water partition coefficient (Wildman–Crippen LogP) is 3.90. The first-order valence-corrected chi connectivity index (χ1v) is 7.05. The first-order valence-electron chi connectivity index (χ1n) is 6.67. The molecule has 0 aliphatic heterocycles. The molecule has 0 radical (unpaired) electrons. The SMILES string of the molecule is N#CC1CCCCCC1NCc1cccc(Cl)c1.